The Labute approximate surface area is 93.2 Å². The Morgan fingerprint density at radius 1 is 1.53 bits per heavy atom. The van der Waals surface area contributed by atoms with Gasteiger partial charge in [-0.2, -0.15) is 0 Å². The molecule has 2 heterocycles. The summed E-state index contributed by atoms with van der Waals surface area (Å²) in [6.07, 6.45) is 1.69. The molecule has 15 heavy (non-hydrogen) atoms. The van der Waals surface area contributed by atoms with E-state index in [1.54, 1.807) is 17.1 Å². The van der Waals surface area contributed by atoms with Gasteiger partial charge in [0.2, 0.25) is 0 Å². The fraction of sp³-hybridized carbons (Fsp3) is 0.125. The van der Waals surface area contributed by atoms with Crippen molar-refractivity contribution >= 4 is 28.6 Å². The molecule has 0 aromatic carbocycles. The third kappa shape index (κ3) is 2.04. The highest BCUT2D eigenvalue weighted by molar-refractivity contribution is 7.19. The van der Waals surface area contributed by atoms with Gasteiger partial charge >= 0.3 is 5.97 Å². The predicted molar refractivity (Wildman–Crippen MR) is 57.8 cm³/mol. The van der Waals surface area contributed by atoms with Crippen molar-refractivity contribution in [3.8, 4) is 9.88 Å². The molecule has 0 aliphatic carbocycles. The summed E-state index contributed by atoms with van der Waals surface area (Å²) < 4.78 is 0. The standard InChI is InChI=1S/C8H7N3O2S2/c9-6(8(12)13)4-2-14-7(11-4)5-1-10-3-15-5/h1-3,6H,9H2,(H,12,13). The van der Waals surface area contributed by atoms with Crippen LogP contribution in [0.5, 0.6) is 0 Å². The molecule has 0 bridgehead atoms. The minimum atomic E-state index is -1.07. The maximum absolute atomic E-state index is 10.6. The number of hydrogen-bond donors (Lipinski definition) is 2. The van der Waals surface area contributed by atoms with Crippen molar-refractivity contribution in [1.82, 2.24) is 9.97 Å². The zero-order valence-electron chi connectivity index (χ0n) is 7.45. The highest BCUT2D eigenvalue weighted by atomic mass is 32.1. The van der Waals surface area contributed by atoms with Crippen molar-refractivity contribution in [2.75, 3.05) is 0 Å². The van der Waals surface area contributed by atoms with E-state index >= 15 is 0 Å². The largest absolute Gasteiger partial charge is 0.480 e. The van der Waals surface area contributed by atoms with Crippen LogP contribution in [0.1, 0.15) is 11.7 Å². The first kappa shape index (κ1) is 10.2. The number of nitrogens with zero attached hydrogens (tertiary/aromatic N) is 2. The molecule has 78 valence electrons. The molecule has 2 aromatic heterocycles. The van der Waals surface area contributed by atoms with Gasteiger partial charge in [-0.15, -0.1) is 22.7 Å². The lowest BCUT2D eigenvalue weighted by molar-refractivity contribution is -0.138. The third-order valence-corrected chi connectivity index (χ3v) is 3.55. The molecule has 7 heteroatoms. The number of aromatic nitrogens is 2. The van der Waals surface area contributed by atoms with Crippen molar-refractivity contribution in [3.05, 3.63) is 22.8 Å². The topological polar surface area (TPSA) is 89.1 Å². The molecule has 1 unspecified atom stereocenters. The number of aliphatic carboxylic acids is 1. The van der Waals surface area contributed by atoms with E-state index in [0.29, 0.717) is 5.69 Å². The van der Waals surface area contributed by atoms with Gasteiger partial charge < -0.3 is 10.8 Å². The van der Waals surface area contributed by atoms with Gasteiger partial charge in [0.1, 0.15) is 11.0 Å². The van der Waals surface area contributed by atoms with Gasteiger partial charge in [0.15, 0.2) is 0 Å². The lowest BCUT2D eigenvalue weighted by Gasteiger charge is -1.99. The number of carbonyl (C=O) groups is 1. The van der Waals surface area contributed by atoms with Crippen molar-refractivity contribution < 1.29 is 9.90 Å². The van der Waals surface area contributed by atoms with E-state index in [0.717, 1.165) is 9.88 Å². The minimum absolute atomic E-state index is 0.385. The number of rotatable bonds is 3. The van der Waals surface area contributed by atoms with Gasteiger partial charge in [0.05, 0.1) is 16.1 Å². The number of carboxylic acid groups (broad SMARTS) is 1. The molecular weight excluding hydrogens is 234 g/mol. The average molecular weight is 241 g/mol. The second kappa shape index (κ2) is 4.05. The van der Waals surface area contributed by atoms with Crippen LogP contribution in [0.3, 0.4) is 0 Å². The Bertz CT molecular complexity index is 466. The van der Waals surface area contributed by atoms with Crippen LogP contribution in [0.4, 0.5) is 0 Å². The van der Waals surface area contributed by atoms with Gasteiger partial charge in [-0.05, 0) is 0 Å². The van der Waals surface area contributed by atoms with E-state index in [9.17, 15) is 4.79 Å². The second-order valence-electron chi connectivity index (χ2n) is 2.76. The molecule has 0 spiro atoms. The third-order valence-electron chi connectivity index (χ3n) is 1.75. The monoisotopic (exact) mass is 241 g/mol. The number of hydrogen-bond acceptors (Lipinski definition) is 6. The summed E-state index contributed by atoms with van der Waals surface area (Å²) in [4.78, 5) is 19.6. The molecule has 2 aromatic rings. The van der Waals surface area contributed by atoms with E-state index in [-0.39, 0.29) is 0 Å². The molecule has 1 atom stereocenters. The van der Waals surface area contributed by atoms with E-state index in [2.05, 4.69) is 9.97 Å². The SMILES string of the molecule is NC(C(=O)O)c1csc(-c2cncs2)n1. The maximum Gasteiger partial charge on any atom is 0.326 e. The lowest BCUT2D eigenvalue weighted by Crippen LogP contribution is -2.20. The molecule has 0 radical (unpaired) electrons. The summed E-state index contributed by atoms with van der Waals surface area (Å²) >= 11 is 2.83. The molecule has 3 N–H and O–H groups in total. The van der Waals surface area contributed by atoms with Gasteiger partial charge in [0, 0.05) is 11.6 Å². The van der Waals surface area contributed by atoms with E-state index in [1.807, 2.05) is 0 Å². The predicted octanol–water partition coefficient (Wildman–Crippen LogP) is 1.35. The summed E-state index contributed by atoms with van der Waals surface area (Å²) in [6.45, 7) is 0. The fourth-order valence-corrected chi connectivity index (χ4v) is 2.54. The van der Waals surface area contributed by atoms with E-state index in [4.69, 9.17) is 10.8 Å². The maximum atomic E-state index is 10.6. The van der Waals surface area contributed by atoms with Gasteiger partial charge in [-0.25, -0.2) is 4.98 Å². The van der Waals surface area contributed by atoms with Crippen LogP contribution < -0.4 is 5.73 Å². The zero-order valence-corrected chi connectivity index (χ0v) is 9.09. The fourth-order valence-electron chi connectivity index (χ4n) is 0.990. The first-order valence-electron chi connectivity index (χ1n) is 4.01. The molecule has 0 saturated carbocycles. The molecule has 2 rings (SSSR count). The van der Waals surface area contributed by atoms with Crippen LogP contribution in [-0.4, -0.2) is 21.0 Å². The highest BCUT2D eigenvalue weighted by Gasteiger charge is 2.18. The quantitative estimate of drug-likeness (QED) is 0.846. The molecule has 0 amide bonds. The molecule has 0 saturated heterocycles. The van der Waals surface area contributed by atoms with Gasteiger partial charge in [0.25, 0.3) is 0 Å². The number of nitrogens with two attached hydrogens (primary N) is 1. The first-order valence-corrected chi connectivity index (χ1v) is 5.77. The van der Waals surface area contributed by atoms with Gasteiger partial charge in [-0.1, -0.05) is 0 Å². The highest BCUT2D eigenvalue weighted by Crippen LogP contribution is 2.28. The van der Waals surface area contributed by atoms with Crippen molar-refractivity contribution in [2.24, 2.45) is 5.73 Å². The van der Waals surface area contributed by atoms with Crippen LogP contribution >= 0.6 is 22.7 Å². The van der Waals surface area contributed by atoms with Crippen molar-refractivity contribution in [1.29, 1.82) is 0 Å². The van der Waals surface area contributed by atoms with Crippen molar-refractivity contribution in [3.63, 3.8) is 0 Å². The summed E-state index contributed by atoms with van der Waals surface area (Å²) in [7, 11) is 0. The molecule has 0 aliphatic heterocycles. The van der Waals surface area contributed by atoms with Gasteiger partial charge in [-0.3, -0.25) is 9.78 Å². The summed E-state index contributed by atoms with van der Waals surface area (Å²) in [5.74, 6) is -1.07. The lowest BCUT2D eigenvalue weighted by atomic mass is 10.2. The molecular formula is C8H7N3O2S2. The first-order chi connectivity index (χ1) is 7.18. The Hall–Kier alpha value is -1.31. The van der Waals surface area contributed by atoms with Crippen LogP contribution in [0.15, 0.2) is 17.1 Å². The second-order valence-corrected chi connectivity index (χ2v) is 4.50. The Morgan fingerprint density at radius 3 is 2.93 bits per heavy atom. The van der Waals surface area contributed by atoms with Crippen LogP contribution in [-0.2, 0) is 4.79 Å². The molecule has 0 aliphatic rings. The van der Waals surface area contributed by atoms with E-state index < -0.39 is 12.0 Å². The summed E-state index contributed by atoms with van der Waals surface area (Å²) in [5, 5.41) is 11.1. The van der Waals surface area contributed by atoms with Crippen molar-refractivity contribution in [2.45, 2.75) is 6.04 Å². The van der Waals surface area contributed by atoms with E-state index in [1.165, 1.54) is 22.7 Å². The normalized spacial score (nSPS) is 12.6. The van der Waals surface area contributed by atoms with Crippen LogP contribution in [0.2, 0.25) is 0 Å². The minimum Gasteiger partial charge on any atom is -0.480 e. The average Bonchev–Trinajstić information content (AvgIpc) is 2.86. The van der Waals surface area contributed by atoms with Crippen LogP contribution in [0.25, 0.3) is 9.88 Å². The summed E-state index contributed by atoms with van der Waals surface area (Å²) in [6, 6.07) is -1.05. The van der Waals surface area contributed by atoms with Crippen LogP contribution in [0, 0.1) is 0 Å². The smallest absolute Gasteiger partial charge is 0.326 e. The molecule has 0 fully saturated rings. The Kier molecular flexibility index (Phi) is 2.76. The Balaban J connectivity index is 2.28. The number of carboxylic acids is 1. The Morgan fingerprint density at radius 2 is 2.33 bits per heavy atom. The summed E-state index contributed by atoms with van der Waals surface area (Å²) in [5.41, 5.74) is 7.52. The molecule has 5 nitrogen and oxygen atoms in total. The zero-order chi connectivity index (χ0) is 10.8. The number of thiazole rings is 2.